The van der Waals surface area contributed by atoms with E-state index in [0.29, 0.717) is 30.8 Å². The maximum Gasteiger partial charge on any atom is 0.222 e. The standard InChI is InChI=1S/C13H28N2O/c1-10(2)12(4)15(5)13(16)7-6-11(3)8-9-14/h10-12H,6-9,14H2,1-5H3. The molecule has 1 amide bonds. The predicted molar refractivity (Wildman–Crippen MR) is 69.1 cm³/mol. The lowest BCUT2D eigenvalue weighted by Gasteiger charge is -2.28. The molecule has 0 aliphatic rings. The molecule has 0 heterocycles. The van der Waals surface area contributed by atoms with Crippen molar-refractivity contribution in [3.63, 3.8) is 0 Å². The lowest BCUT2D eigenvalue weighted by Crippen LogP contribution is -2.38. The van der Waals surface area contributed by atoms with Crippen LogP contribution in [0, 0.1) is 11.8 Å². The molecule has 2 unspecified atom stereocenters. The van der Waals surface area contributed by atoms with E-state index in [1.807, 2.05) is 11.9 Å². The van der Waals surface area contributed by atoms with E-state index in [-0.39, 0.29) is 5.91 Å². The molecule has 3 heteroatoms. The highest BCUT2D eigenvalue weighted by Crippen LogP contribution is 2.13. The Kier molecular flexibility index (Phi) is 7.39. The normalized spacial score (nSPS) is 14.9. The molecule has 0 radical (unpaired) electrons. The van der Waals surface area contributed by atoms with Crippen LogP contribution >= 0.6 is 0 Å². The van der Waals surface area contributed by atoms with Crippen molar-refractivity contribution in [1.29, 1.82) is 0 Å². The van der Waals surface area contributed by atoms with Gasteiger partial charge in [-0.15, -0.1) is 0 Å². The molecular formula is C13H28N2O. The smallest absolute Gasteiger partial charge is 0.222 e. The maximum atomic E-state index is 11.9. The van der Waals surface area contributed by atoms with Gasteiger partial charge < -0.3 is 10.6 Å². The molecule has 0 aromatic rings. The highest BCUT2D eigenvalue weighted by atomic mass is 16.2. The first-order valence-electron chi connectivity index (χ1n) is 6.35. The summed E-state index contributed by atoms with van der Waals surface area (Å²) in [5.74, 6) is 1.32. The minimum atomic E-state index is 0.255. The zero-order valence-corrected chi connectivity index (χ0v) is 11.5. The van der Waals surface area contributed by atoms with Gasteiger partial charge in [0.1, 0.15) is 0 Å². The van der Waals surface area contributed by atoms with Gasteiger partial charge in [0.15, 0.2) is 0 Å². The molecule has 2 atom stereocenters. The number of amides is 1. The summed E-state index contributed by atoms with van der Waals surface area (Å²) in [6, 6.07) is 0.317. The molecule has 16 heavy (non-hydrogen) atoms. The van der Waals surface area contributed by atoms with E-state index < -0.39 is 0 Å². The first-order chi connectivity index (χ1) is 7.40. The summed E-state index contributed by atoms with van der Waals surface area (Å²) in [6.45, 7) is 9.27. The van der Waals surface area contributed by atoms with Crippen molar-refractivity contribution in [3.05, 3.63) is 0 Å². The van der Waals surface area contributed by atoms with Crippen LogP contribution in [0.25, 0.3) is 0 Å². The summed E-state index contributed by atoms with van der Waals surface area (Å²) in [6.07, 6.45) is 2.61. The zero-order chi connectivity index (χ0) is 12.7. The van der Waals surface area contributed by atoms with E-state index >= 15 is 0 Å². The first kappa shape index (κ1) is 15.4. The third-order valence-corrected chi connectivity index (χ3v) is 3.48. The Morgan fingerprint density at radius 3 is 2.19 bits per heavy atom. The van der Waals surface area contributed by atoms with Gasteiger partial charge in [0.2, 0.25) is 5.91 Å². The molecule has 0 saturated heterocycles. The fraction of sp³-hybridized carbons (Fsp3) is 0.923. The molecule has 0 bridgehead atoms. The van der Waals surface area contributed by atoms with E-state index in [9.17, 15) is 4.79 Å². The van der Waals surface area contributed by atoms with Gasteiger partial charge >= 0.3 is 0 Å². The van der Waals surface area contributed by atoms with Crippen molar-refractivity contribution in [2.24, 2.45) is 17.6 Å². The summed E-state index contributed by atoms with van der Waals surface area (Å²) >= 11 is 0. The highest BCUT2D eigenvalue weighted by molar-refractivity contribution is 5.76. The second-order valence-corrected chi connectivity index (χ2v) is 5.21. The first-order valence-corrected chi connectivity index (χ1v) is 6.35. The van der Waals surface area contributed by atoms with E-state index in [0.717, 1.165) is 12.8 Å². The lowest BCUT2D eigenvalue weighted by atomic mass is 10.00. The summed E-state index contributed by atoms with van der Waals surface area (Å²) in [4.78, 5) is 13.8. The molecule has 0 saturated carbocycles. The zero-order valence-electron chi connectivity index (χ0n) is 11.5. The van der Waals surface area contributed by atoms with Crippen LogP contribution in [0.4, 0.5) is 0 Å². The molecule has 3 nitrogen and oxygen atoms in total. The van der Waals surface area contributed by atoms with Gasteiger partial charge in [-0.1, -0.05) is 20.8 Å². The van der Waals surface area contributed by atoms with Crippen molar-refractivity contribution < 1.29 is 4.79 Å². The number of rotatable bonds is 7. The Balaban J connectivity index is 3.97. The van der Waals surface area contributed by atoms with Crippen LogP contribution in [-0.4, -0.2) is 30.4 Å². The van der Waals surface area contributed by atoms with Crippen molar-refractivity contribution >= 4 is 5.91 Å². The van der Waals surface area contributed by atoms with Gasteiger partial charge in [-0.05, 0) is 38.1 Å². The van der Waals surface area contributed by atoms with E-state index in [2.05, 4.69) is 27.7 Å². The topological polar surface area (TPSA) is 46.3 Å². The molecule has 0 spiro atoms. The minimum absolute atomic E-state index is 0.255. The molecule has 2 N–H and O–H groups in total. The van der Waals surface area contributed by atoms with Crippen molar-refractivity contribution in [2.45, 2.75) is 53.0 Å². The highest BCUT2D eigenvalue weighted by Gasteiger charge is 2.18. The monoisotopic (exact) mass is 228 g/mol. The Morgan fingerprint density at radius 1 is 1.19 bits per heavy atom. The van der Waals surface area contributed by atoms with Crippen LogP contribution in [0.1, 0.15) is 47.0 Å². The molecule has 0 aliphatic carbocycles. The fourth-order valence-electron chi connectivity index (χ4n) is 1.65. The third-order valence-electron chi connectivity index (χ3n) is 3.48. The summed E-state index contributed by atoms with van der Waals surface area (Å²) < 4.78 is 0. The average molecular weight is 228 g/mol. The Morgan fingerprint density at radius 2 is 1.75 bits per heavy atom. The van der Waals surface area contributed by atoms with Crippen LogP contribution in [0.2, 0.25) is 0 Å². The summed E-state index contributed by atoms with van der Waals surface area (Å²) in [7, 11) is 1.90. The Labute approximate surface area is 100 Å². The van der Waals surface area contributed by atoms with Gasteiger partial charge in [0.05, 0.1) is 0 Å². The van der Waals surface area contributed by atoms with Crippen LogP contribution < -0.4 is 5.73 Å². The Hall–Kier alpha value is -0.570. The van der Waals surface area contributed by atoms with E-state index in [1.165, 1.54) is 0 Å². The molecule has 0 aromatic heterocycles. The lowest BCUT2D eigenvalue weighted by molar-refractivity contribution is -0.132. The second kappa shape index (κ2) is 7.66. The van der Waals surface area contributed by atoms with Crippen molar-refractivity contribution in [2.75, 3.05) is 13.6 Å². The molecule has 96 valence electrons. The quantitative estimate of drug-likeness (QED) is 0.726. The van der Waals surface area contributed by atoms with E-state index in [4.69, 9.17) is 5.73 Å². The van der Waals surface area contributed by atoms with Gasteiger partial charge in [0, 0.05) is 19.5 Å². The fourth-order valence-corrected chi connectivity index (χ4v) is 1.65. The van der Waals surface area contributed by atoms with Gasteiger partial charge in [-0.3, -0.25) is 4.79 Å². The SMILES string of the molecule is CC(CCN)CCC(=O)N(C)C(C)C(C)C. The number of carbonyl (C=O) groups is 1. The second-order valence-electron chi connectivity index (χ2n) is 5.21. The van der Waals surface area contributed by atoms with Crippen LogP contribution in [0.3, 0.4) is 0 Å². The molecule has 0 rings (SSSR count). The average Bonchev–Trinajstić information content (AvgIpc) is 2.24. The Bertz CT molecular complexity index is 204. The van der Waals surface area contributed by atoms with E-state index in [1.54, 1.807) is 0 Å². The number of carbonyl (C=O) groups excluding carboxylic acids is 1. The summed E-state index contributed by atoms with van der Waals surface area (Å²) in [5, 5.41) is 0. The minimum Gasteiger partial charge on any atom is -0.343 e. The number of nitrogens with two attached hydrogens (primary N) is 1. The van der Waals surface area contributed by atoms with Crippen LogP contribution in [-0.2, 0) is 4.79 Å². The third kappa shape index (κ3) is 5.50. The van der Waals surface area contributed by atoms with Crippen LogP contribution in [0.15, 0.2) is 0 Å². The summed E-state index contributed by atoms with van der Waals surface area (Å²) in [5.41, 5.74) is 5.49. The molecule has 0 aliphatic heterocycles. The predicted octanol–water partition coefficient (Wildman–Crippen LogP) is 2.25. The maximum absolute atomic E-state index is 11.9. The van der Waals surface area contributed by atoms with Gasteiger partial charge in [0.25, 0.3) is 0 Å². The van der Waals surface area contributed by atoms with Gasteiger partial charge in [-0.25, -0.2) is 0 Å². The number of hydrogen-bond acceptors (Lipinski definition) is 2. The molecule has 0 fully saturated rings. The van der Waals surface area contributed by atoms with Crippen LogP contribution in [0.5, 0.6) is 0 Å². The number of nitrogens with zero attached hydrogens (tertiary/aromatic N) is 1. The molecule has 0 aromatic carbocycles. The van der Waals surface area contributed by atoms with Gasteiger partial charge in [-0.2, -0.15) is 0 Å². The molecular weight excluding hydrogens is 200 g/mol. The van der Waals surface area contributed by atoms with Crippen molar-refractivity contribution in [3.8, 4) is 0 Å². The van der Waals surface area contributed by atoms with Crippen molar-refractivity contribution in [1.82, 2.24) is 4.90 Å². The largest absolute Gasteiger partial charge is 0.343 e. The number of hydrogen-bond donors (Lipinski definition) is 1.